The first-order chi connectivity index (χ1) is 15.1. The summed E-state index contributed by atoms with van der Waals surface area (Å²) in [5, 5.41) is 7.09. The predicted molar refractivity (Wildman–Crippen MR) is 120 cm³/mol. The molecule has 156 valence electrons. The number of carbonyl (C=O) groups excluding carboxylic acids is 1. The molecule has 0 amide bonds. The van der Waals surface area contributed by atoms with Gasteiger partial charge in [0.25, 0.3) is 0 Å². The number of halogens is 1. The number of carbonyl (C=O) groups is 1. The second-order valence-electron chi connectivity index (χ2n) is 7.96. The zero-order valence-electron chi connectivity index (χ0n) is 17.2. The molecule has 3 aromatic rings. The zero-order valence-corrected chi connectivity index (χ0v) is 17.2. The van der Waals surface area contributed by atoms with Gasteiger partial charge in [-0.05, 0) is 48.2 Å². The highest BCUT2D eigenvalue weighted by atomic mass is 19.1. The van der Waals surface area contributed by atoms with Gasteiger partial charge < -0.3 is 15.4 Å². The Morgan fingerprint density at radius 2 is 1.61 bits per heavy atom. The molecular formula is C26H23FN2O2. The maximum atomic E-state index is 13.5. The second kappa shape index (κ2) is 7.91. The highest BCUT2D eigenvalue weighted by Gasteiger charge is 2.36. The van der Waals surface area contributed by atoms with E-state index in [1.165, 1.54) is 12.1 Å². The van der Waals surface area contributed by atoms with Crippen LogP contribution in [0.25, 0.3) is 0 Å². The summed E-state index contributed by atoms with van der Waals surface area (Å²) in [6, 6.07) is 21.9. The molecule has 1 heterocycles. The molecule has 0 saturated carbocycles. The molecule has 0 saturated heterocycles. The number of methoxy groups -OCH3 is 1. The lowest BCUT2D eigenvalue weighted by Gasteiger charge is -2.30. The zero-order chi connectivity index (χ0) is 21.4. The molecule has 31 heavy (non-hydrogen) atoms. The number of ether oxygens (including phenoxy) is 1. The third-order valence-electron chi connectivity index (χ3n) is 6.10. The van der Waals surface area contributed by atoms with Gasteiger partial charge in [-0.25, -0.2) is 4.39 Å². The summed E-state index contributed by atoms with van der Waals surface area (Å²) in [5.41, 5.74) is 5.39. The van der Waals surface area contributed by atoms with Crippen molar-refractivity contribution in [2.24, 2.45) is 0 Å². The number of hydrogen-bond acceptors (Lipinski definition) is 4. The molecule has 0 radical (unpaired) electrons. The molecule has 2 atom stereocenters. The van der Waals surface area contributed by atoms with E-state index < -0.39 is 0 Å². The predicted octanol–water partition coefficient (Wildman–Crippen LogP) is 5.81. The number of hydrogen-bond donors (Lipinski definition) is 2. The van der Waals surface area contributed by atoms with E-state index in [0.717, 1.165) is 39.5 Å². The molecule has 3 aromatic carbocycles. The van der Waals surface area contributed by atoms with Gasteiger partial charge >= 0.3 is 0 Å². The van der Waals surface area contributed by atoms with Crippen molar-refractivity contribution >= 4 is 17.2 Å². The van der Waals surface area contributed by atoms with Crippen LogP contribution in [0.4, 0.5) is 15.8 Å². The van der Waals surface area contributed by atoms with Crippen LogP contribution >= 0.6 is 0 Å². The maximum Gasteiger partial charge on any atom is 0.163 e. The summed E-state index contributed by atoms with van der Waals surface area (Å²) in [7, 11) is 1.64. The normalized spacial score (nSPS) is 20.1. The molecule has 5 rings (SSSR count). The van der Waals surface area contributed by atoms with E-state index in [1.54, 1.807) is 19.2 Å². The molecule has 0 fully saturated rings. The molecule has 1 aliphatic heterocycles. The van der Waals surface area contributed by atoms with E-state index >= 15 is 0 Å². The largest absolute Gasteiger partial charge is 0.496 e. The summed E-state index contributed by atoms with van der Waals surface area (Å²) >= 11 is 0. The van der Waals surface area contributed by atoms with Crippen molar-refractivity contribution in [1.82, 2.24) is 0 Å². The van der Waals surface area contributed by atoms with E-state index in [4.69, 9.17) is 4.74 Å². The van der Waals surface area contributed by atoms with Crippen LogP contribution in [0.15, 0.2) is 84.1 Å². The topological polar surface area (TPSA) is 50.4 Å². The minimum absolute atomic E-state index is 0.00271. The average Bonchev–Trinajstić information content (AvgIpc) is 2.96. The van der Waals surface area contributed by atoms with Crippen LogP contribution in [0.5, 0.6) is 5.75 Å². The molecule has 0 spiro atoms. The fraction of sp³-hybridized carbons (Fsp3) is 0.192. The lowest BCUT2D eigenvalue weighted by atomic mass is 9.78. The van der Waals surface area contributed by atoms with Crippen molar-refractivity contribution in [2.75, 3.05) is 17.7 Å². The smallest absolute Gasteiger partial charge is 0.163 e. The number of fused-ring (bicyclic) bond motifs is 1. The van der Waals surface area contributed by atoms with Gasteiger partial charge in [-0.2, -0.15) is 0 Å². The molecule has 2 unspecified atom stereocenters. The fourth-order valence-electron chi connectivity index (χ4n) is 4.60. The molecule has 0 aromatic heterocycles. The number of allylic oxidation sites excluding steroid dienone is 1. The van der Waals surface area contributed by atoms with Gasteiger partial charge in [-0.15, -0.1) is 0 Å². The van der Waals surface area contributed by atoms with Crippen molar-refractivity contribution in [2.45, 2.75) is 24.8 Å². The van der Waals surface area contributed by atoms with E-state index in [2.05, 4.69) is 10.6 Å². The van der Waals surface area contributed by atoms with Gasteiger partial charge in [0.1, 0.15) is 11.6 Å². The number of nitrogens with one attached hydrogen (secondary N) is 2. The van der Waals surface area contributed by atoms with Gasteiger partial charge in [-0.3, -0.25) is 4.79 Å². The third-order valence-corrected chi connectivity index (χ3v) is 6.10. The molecule has 2 aliphatic rings. The van der Waals surface area contributed by atoms with Gasteiger partial charge in [-0.1, -0.05) is 42.5 Å². The van der Waals surface area contributed by atoms with E-state index in [0.29, 0.717) is 12.8 Å². The standard InChI is InChI=1S/C26H23FN2O2/c1-31-24-9-5-2-6-19(24)26-25-22(28-20-7-3-4-8-21(20)29-26)14-17(15-23(25)30)16-10-12-18(27)13-11-16/h2-13,17,26,28-29H,14-15H2,1H3. The Balaban J connectivity index is 1.62. The molecule has 4 nitrogen and oxygen atoms in total. The number of Topliss-reactive ketones (excluding diaryl/α,β-unsaturated/α-hetero) is 1. The Hall–Kier alpha value is -3.60. The van der Waals surface area contributed by atoms with E-state index in [9.17, 15) is 9.18 Å². The van der Waals surface area contributed by atoms with Gasteiger partial charge in [0.2, 0.25) is 0 Å². The number of rotatable bonds is 3. The number of anilines is 2. The van der Waals surface area contributed by atoms with E-state index in [-0.39, 0.29) is 23.6 Å². The SMILES string of the molecule is COc1ccccc1C1Nc2ccccc2NC2=C1C(=O)CC(c1ccc(F)cc1)C2. The third kappa shape index (κ3) is 3.56. The average molecular weight is 414 g/mol. The Bertz CT molecular complexity index is 1170. The Labute approximate surface area is 180 Å². The maximum absolute atomic E-state index is 13.5. The molecular weight excluding hydrogens is 391 g/mol. The van der Waals surface area contributed by atoms with Crippen molar-refractivity contribution in [3.8, 4) is 5.75 Å². The lowest BCUT2D eigenvalue weighted by molar-refractivity contribution is -0.116. The Morgan fingerprint density at radius 1 is 0.903 bits per heavy atom. The molecule has 0 bridgehead atoms. The summed E-state index contributed by atoms with van der Waals surface area (Å²) in [6.07, 6.45) is 1.06. The number of ketones is 1. The molecule has 1 aliphatic carbocycles. The Kier molecular flexibility index (Phi) is 4.94. The van der Waals surface area contributed by atoms with E-state index in [1.807, 2.05) is 48.5 Å². The van der Waals surface area contributed by atoms with Crippen LogP contribution in [0, 0.1) is 5.82 Å². The lowest BCUT2D eigenvalue weighted by Crippen LogP contribution is -2.27. The molecule has 5 heteroatoms. The quantitative estimate of drug-likeness (QED) is 0.568. The van der Waals surface area contributed by atoms with Crippen LogP contribution in [-0.4, -0.2) is 12.9 Å². The van der Waals surface area contributed by atoms with Crippen LogP contribution in [0.1, 0.15) is 35.9 Å². The fourth-order valence-corrected chi connectivity index (χ4v) is 4.60. The highest BCUT2D eigenvalue weighted by Crippen LogP contribution is 2.45. The van der Waals surface area contributed by atoms with Crippen molar-refractivity contribution in [1.29, 1.82) is 0 Å². The van der Waals surface area contributed by atoms with Crippen LogP contribution in [0.2, 0.25) is 0 Å². The van der Waals surface area contributed by atoms with Crippen LogP contribution in [-0.2, 0) is 4.79 Å². The minimum Gasteiger partial charge on any atom is -0.496 e. The van der Waals surface area contributed by atoms with Crippen molar-refractivity contribution in [3.63, 3.8) is 0 Å². The van der Waals surface area contributed by atoms with Gasteiger partial charge in [0.15, 0.2) is 5.78 Å². The summed E-state index contributed by atoms with van der Waals surface area (Å²) in [6.45, 7) is 0. The first-order valence-corrected chi connectivity index (χ1v) is 10.4. The highest BCUT2D eigenvalue weighted by molar-refractivity contribution is 6.01. The number of benzene rings is 3. The van der Waals surface area contributed by atoms with Crippen molar-refractivity contribution < 1.29 is 13.9 Å². The first kappa shape index (κ1) is 19.4. The van der Waals surface area contributed by atoms with Gasteiger partial charge in [0, 0.05) is 23.3 Å². The van der Waals surface area contributed by atoms with Gasteiger partial charge in [0.05, 0.1) is 24.5 Å². The van der Waals surface area contributed by atoms with Crippen LogP contribution in [0.3, 0.4) is 0 Å². The second-order valence-corrected chi connectivity index (χ2v) is 7.96. The van der Waals surface area contributed by atoms with Crippen molar-refractivity contribution in [3.05, 3.63) is 101 Å². The summed E-state index contributed by atoms with van der Waals surface area (Å²) in [4.78, 5) is 13.5. The monoisotopic (exact) mass is 414 g/mol. The number of para-hydroxylation sites is 3. The molecule has 2 N–H and O–H groups in total. The first-order valence-electron chi connectivity index (χ1n) is 10.4. The minimum atomic E-state index is -0.330. The summed E-state index contributed by atoms with van der Waals surface area (Å²) in [5.74, 6) is 0.551. The Morgan fingerprint density at radius 3 is 2.39 bits per heavy atom. The summed E-state index contributed by atoms with van der Waals surface area (Å²) < 4.78 is 19.0. The van der Waals surface area contributed by atoms with Crippen LogP contribution < -0.4 is 15.4 Å².